The lowest BCUT2D eigenvalue weighted by molar-refractivity contribution is 0.475. The van der Waals surface area contributed by atoms with Crippen molar-refractivity contribution in [2.24, 2.45) is 0 Å². The van der Waals surface area contributed by atoms with E-state index in [0.717, 1.165) is 16.7 Å². The van der Waals surface area contributed by atoms with Gasteiger partial charge in [0.15, 0.2) is 0 Å². The first-order valence-corrected chi connectivity index (χ1v) is 5.32. The molecule has 0 atom stereocenters. The Bertz CT molecular complexity index is 610. The third-order valence-electron chi connectivity index (χ3n) is 2.52. The molecule has 0 fully saturated rings. The third kappa shape index (κ3) is 1.92. The molecule has 0 saturated heterocycles. The predicted molar refractivity (Wildman–Crippen MR) is 67.5 cm³/mol. The quantitative estimate of drug-likeness (QED) is 0.587. The number of nitrogens with one attached hydrogen (secondary N) is 2. The van der Waals surface area contributed by atoms with E-state index in [4.69, 9.17) is 0 Å². The fraction of sp³-hybridized carbons (Fsp3) is 0. The number of para-hydroxylation sites is 2. The number of phenols is 1. The number of imidazole rings is 1. The Morgan fingerprint density at radius 1 is 1.00 bits per heavy atom. The van der Waals surface area contributed by atoms with E-state index >= 15 is 0 Å². The van der Waals surface area contributed by atoms with Crippen molar-refractivity contribution in [1.29, 1.82) is 0 Å². The molecule has 0 radical (unpaired) electrons. The van der Waals surface area contributed by atoms with Gasteiger partial charge < -0.3 is 15.4 Å². The molecule has 0 aliphatic carbocycles. The highest BCUT2D eigenvalue weighted by molar-refractivity contribution is 5.78. The number of hydrogen-bond donors (Lipinski definition) is 3. The van der Waals surface area contributed by atoms with Crippen molar-refractivity contribution >= 4 is 22.7 Å². The zero-order valence-electron chi connectivity index (χ0n) is 9.01. The van der Waals surface area contributed by atoms with E-state index in [-0.39, 0.29) is 5.75 Å². The van der Waals surface area contributed by atoms with Crippen molar-refractivity contribution in [2.45, 2.75) is 0 Å². The number of aromatic nitrogens is 2. The van der Waals surface area contributed by atoms with E-state index in [0.29, 0.717) is 5.95 Å². The molecule has 0 aliphatic rings. The fourth-order valence-corrected chi connectivity index (χ4v) is 1.69. The number of benzene rings is 2. The fourth-order valence-electron chi connectivity index (χ4n) is 1.69. The summed E-state index contributed by atoms with van der Waals surface area (Å²) in [6.45, 7) is 0. The van der Waals surface area contributed by atoms with Crippen molar-refractivity contribution in [3.05, 3.63) is 48.5 Å². The van der Waals surface area contributed by atoms with E-state index < -0.39 is 0 Å². The summed E-state index contributed by atoms with van der Waals surface area (Å²) in [6.07, 6.45) is 0. The zero-order valence-corrected chi connectivity index (χ0v) is 9.01. The third-order valence-corrected chi connectivity index (χ3v) is 2.52. The van der Waals surface area contributed by atoms with Crippen LogP contribution < -0.4 is 5.32 Å². The highest BCUT2D eigenvalue weighted by Gasteiger charge is 2.01. The van der Waals surface area contributed by atoms with Gasteiger partial charge >= 0.3 is 0 Å². The van der Waals surface area contributed by atoms with E-state index in [9.17, 15) is 5.11 Å². The molecule has 1 aromatic heterocycles. The number of phenolic OH excluding ortho intramolecular Hbond substituents is 1. The highest BCUT2D eigenvalue weighted by atomic mass is 16.3. The second-order valence-corrected chi connectivity index (χ2v) is 3.77. The summed E-state index contributed by atoms with van der Waals surface area (Å²) < 4.78 is 0. The lowest BCUT2D eigenvalue weighted by atomic mass is 10.3. The second-order valence-electron chi connectivity index (χ2n) is 3.77. The van der Waals surface area contributed by atoms with Gasteiger partial charge in [-0.15, -0.1) is 0 Å². The molecule has 2 aromatic carbocycles. The summed E-state index contributed by atoms with van der Waals surface area (Å²) in [7, 11) is 0. The summed E-state index contributed by atoms with van der Waals surface area (Å²) in [4.78, 5) is 7.58. The van der Waals surface area contributed by atoms with Crippen molar-refractivity contribution in [1.82, 2.24) is 9.97 Å². The number of rotatable bonds is 2. The average molecular weight is 225 g/mol. The van der Waals surface area contributed by atoms with Crippen LogP contribution in [-0.4, -0.2) is 15.1 Å². The molecule has 84 valence electrons. The number of aromatic hydroxyl groups is 1. The summed E-state index contributed by atoms with van der Waals surface area (Å²) in [5, 5.41) is 12.3. The topological polar surface area (TPSA) is 60.9 Å². The molecular formula is C13H11N3O. The molecule has 4 heteroatoms. The van der Waals surface area contributed by atoms with Gasteiger partial charge in [-0.3, -0.25) is 0 Å². The molecule has 0 saturated carbocycles. The molecule has 0 unspecified atom stereocenters. The lowest BCUT2D eigenvalue weighted by Gasteiger charge is -2.01. The summed E-state index contributed by atoms with van der Waals surface area (Å²) in [6, 6.07) is 14.7. The Morgan fingerprint density at radius 2 is 1.76 bits per heavy atom. The maximum Gasteiger partial charge on any atom is 0.205 e. The molecule has 3 aromatic rings. The van der Waals surface area contributed by atoms with Crippen molar-refractivity contribution in [3.8, 4) is 5.75 Å². The SMILES string of the molecule is Oc1ccc(Nc2nc3ccccc3[nH]2)cc1. The Balaban J connectivity index is 1.92. The van der Waals surface area contributed by atoms with Gasteiger partial charge in [-0.2, -0.15) is 0 Å². The molecule has 0 spiro atoms. The zero-order chi connectivity index (χ0) is 11.7. The molecule has 1 heterocycles. The van der Waals surface area contributed by atoms with E-state index in [1.807, 2.05) is 24.3 Å². The predicted octanol–water partition coefficient (Wildman–Crippen LogP) is 3.01. The lowest BCUT2D eigenvalue weighted by Crippen LogP contribution is -1.91. The van der Waals surface area contributed by atoms with E-state index in [1.54, 1.807) is 24.3 Å². The summed E-state index contributed by atoms with van der Waals surface area (Å²) in [5.74, 6) is 0.942. The molecule has 0 bridgehead atoms. The first-order valence-electron chi connectivity index (χ1n) is 5.32. The molecule has 3 rings (SSSR count). The van der Waals surface area contributed by atoms with Crippen molar-refractivity contribution < 1.29 is 5.11 Å². The Morgan fingerprint density at radius 3 is 2.53 bits per heavy atom. The number of nitrogens with zero attached hydrogens (tertiary/aromatic N) is 1. The van der Waals surface area contributed by atoms with Crippen LogP contribution in [0, 0.1) is 0 Å². The van der Waals surface area contributed by atoms with Crippen molar-refractivity contribution in [2.75, 3.05) is 5.32 Å². The minimum atomic E-state index is 0.250. The molecule has 3 N–H and O–H groups in total. The maximum absolute atomic E-state index is 9.19. The first kappa shape index (κ1) is 9.72. The number of anilines is 2. The minimum Gasteiger partial charge on any atom is -0.508 e. The standard InChI is InChI=1S/C13H11N3O/c17-10-7-5-9(6-8-10)14-13-15-11-3-1-2-4-12(11)16-13/h1-8,17H,(H2,14,15,16). The van der Waals surface area contributed by atoms with Crippen LogP contribution in [0.3, 0.4) is 0 Å². The van der Waals surface area contributed by atoms with Crippen LogP contribution in [0.1, 0.15) is 0 Å². The van der Waals surface area contributed by atoms with Crippen LogP contribution in [0.2, 0.25) is 0 Å². The normalized spacial score (nSPS) is 10.6. The maximum atomic E-state index is 9.19. The molecule has 17 heavy (non-hydrogen) atoms. The highest BCUT2D eigenvalue weighted by Crippen LogP contribution is 2.19. The molecule has 0 aliphatic heterocycles. The number of fused-ring (bicyclic) bond motifs is 1. The van der Waals surface area contributed by atoms with Gasteiger partial charge in [0.1, 0.15) is 5.75 Å². The van der Waals surface area contributed by atoms with Crippen LogP contribution in [0.15, 0.2) is 48.5 Å². The molecule has 0 amide bonds. The van der Waals surface area contributed by atoms with E-state index in [1.165, 1.54) is 0 Å². The van der Waals surface area contributed by atoms with Crippen LogP contribution >= 0.6 is 0 Å². The summed E-state index contributed by atoms with van der Waals surface area (Å²) >= 11 is 0. The molecular weight excluding hydrogens is 214 g/mol. The van der Waals surface area contributed by atoms with Gasteiger partial charge in [0.2, 0.25) is 5.95 Å². The monoisotopic (exact) mass is 225 g/mol. The van der Waals surface area contributed by atoms with Gasteiger partial charge in [-0.25, -0.2) is 4.98 Å². The van der Waals surface area contributed by atoms with Gasteiger partial charge in [0.25, 0.3) is 0 Å². The minimum absolute atomic E-state index is 0.250. The van der Waals surface area contributed by atoms with Gasteiger partial charge in [-0.1, -0.05) is 12.1 Å². The number of aromatic amines is 1. The largest absolute Gasteiger partial charge is 0.508 e. The smallest absolute Gasteiger partial charge is 0.205 e. The van der Waals surface area contributed by atoms with Crippen LogP contribution in [0.4, 0.5) is 11.6 Å². The van der Waals surface area contributed by atoms with Crippen LogP contribution in [0.5, 0.6) is 5.75 Å². The van der Waals surface area contributed by atoms with Crippen LogP contribution in [-0.2, 0) is 0 Å². The van der Waals surface area contributed by atoms with Crippen LogP contribution in [0.25, 0.3) is 11.0 Å². The van der Waals surface area contributed by atoms with Crippen molar-refractivity contribution in [3.63, 3.8) is 0 Å². The van der Waals surface area contributed by atoms with Gasteiger partial charge in [0.05, 0.1) is 11.0 Å². The Hall–Kier alpha value is -2.49. The number of hydrogen-bond acceptors (Lipinski definition) is 3. The number of H-pyrrole nitrogens is 1. The molecule has 4 nitrogen and oxygen atoms in total. The Kier molecular flexibility index (Phi) is 2.19. The van der Waals surface area contributed by atoms with Gasteiger partial charge in [0, 0.05) is 5.69 Å². The summed E-state index contributed by atoms with van der Waals surface area (Å²) in [5.41, 5.74) is 2.80. The second kappa shape index (κ2) is 3.83. The van der Waals surface area contributed by atoms with Gasteiger partial charge in [-0.05, 0) is 36.4 Å². The van der Waals surface area contributed by atoms with E-state index in [2.05, 4.69) is 15.3 Å². The average Bonchev–Trinajstić information content (AvgIpc) is 2.74. The Labute approximate surface area is 97.9 Å². The first-order chi connectivity index (χ1) is 8.31.